The first kappa shape index (κ1) is 28.5. The van der Waals surface area contributed by atoms with Crippen molar-refractivity contribution in [3.8, 4) is 5.75 Å². The lowest BCUT2D eigenvalue weighted by molar-refractivity contribution is -0.139. The zero-order chi connectivity index (χ0) is 26.2. The summed E-state index contributed by atoms with van der Waals surface area (Å²) in [6.45, 7) is 7.20. The molecule has 2 aromatic carbocycles. The SMILES string of the molecule is CCOc1ccccc1N(CC(=O)N(Cc1ccc(Cl)cc1)[C@H](C)C(=O)N[C@@H](C)CC)S(C)(=O)=O. The highest BCUT2D eigenvalue weighted by atomic mass is 35.5. The Kier molecular flexibility index (Phi) is 10.4. The van der Waals surface area contributed by atoms with Gasteiger partial charge in [0.25, 0.3) is 0 Å². The molecule has 0 radical (unpaired) electrons. The van der Waals surface area contributed by atoms with E-state index in [2.05, 4.69) is 5.32 Å². The summed E-state index contributed by atoms with van der Waals surface area (Å²) < 4.78 is 32.1. The molecular weight excluding hydrogens is 490 g/mol. The predicted octanol–water partition coefficient (Wildman–Crippen LogP) is 3.84. The highest BCUT2D eigenvalue weighted by Crippen LogP contribution is 2.30. The van der Waals surface area contributed by atoms with Crippen LogP contribution < -0.4 is 14.4 Å². The van der Waals surface area contributed by atoms with Crippen molar-refractivity contribution < 1.29 is 22.7 Å². The van der Waals surface area contributed by atoms with Crippen molar-refractivity contribution >= 4 is 39.1 Å². The van der Waals surface area contributed by atoms with Crippen LogP contribution in [0.1, 0.15) is 39.7 Å². The Morgan fingerprint density at radius 2 is 1.69 bits per heavy atom. The highest BCUT2D eigenvalue weighted by Gasteiger charge is 2.31. The maximum Gasteiger partial charge on any atom is 0.244 e. The summed E-state index contributed by atoms with van der Waals surface area (Å²) in [4.78, 5) is 27.9. The van der Waals surface area contributed by atoms with Gasteiger partial charge in [0, 0.05) is 17.6 Å². The van der Waals surface area contributed by atoms with Gasteiger partial charge in [0.2, 0.25) is 21.8 Å². The van der Waals surface area contributed by atoms with Gasteiger partial charge in [0.1, 0.15) is 18.3 Å². The zero-order valence-corrected chi connectivity index (χ0v) is 22.4. The second kappa shape index (κ2) is 12.8. The first-order valence-electron chi connectivity index (χ1n) is 11.5. The largest absolute Gasteiger partial charge is 0.492 e. The lowest BCUT2D eigenvalue weighted by Gasteiger charge is -2.32. The molecule has 0 unspecified atom stereocenters. The topological polar surface area (TPSA) is 96.0 Å². The Labute approximate surface area is 213 Å². The second-order valence-electron chi connectivity index (χ2n) is 8.31. The van der Waals surface area contributed by atoms with Crippen LogP contribution in [0.3, 0.4) is 0 Å². The number of anilines is 1. The van der Waals surface area contributed by atoms with Crippen molar-refractivity contribution in [1.82, 2.24) is 10.2 Å². The molecule has 0 spiro atoms. The Balaban J connectivity index is 2.42. The van der Waals surface area contributed by atoms with Crippen LogP contribution in [0.25, 0.3) is 0 Å². The zero-order valence-electron chi connectivity index (χ0n) is 20.8. The van der Waals surface area contributed by atoms with Gasteiger partial charge in [0.05, 0.1) is 18.6 Å². The summed E-state index contributed by atoms with van der Waals surface area (Å²) >= 11 is 5.99. The molecule has 192 valence electrons. The molecule has 10 heteroatoms. The number of benzene rings is 2. The van der Waals surface area contributed by atoms with Gasteiger partial charge in [-0.15, -0.1) is 0 Å². The minimum absolute atomic E-state index is 0.0666. The number of rotatable bonds is 12. The maximum absolute atomic E-state index is 13.6. The predicted molar refractivity (Wildman–Crippen MR) is 139 cm³/mol. The highest BCUT2D eigenvalue weighted by molar-refractivity contribution is 7.92. The molecule has 2 rings (SSSR count). The van der Waals surface area contributed by atoms with Crippen molar-refractivity contribution in [3.63, 3.8) is 0 Å². The van der Waals surface area contributed by atoms with Crippen LogP contribution in [0.5, 0.6) is 5.75 Å². The number of carbonyl (C=O) groups excluding carboxylic acids is 2. The number of ether oxygens (including phenoxy) is 1. The van der Waals surface area contributed by atoms with Crippen LogP contribution in [-0.2, 0) is 26.2 Å². The Morgan fingerprint density at radius 1 is 1.06 bits per heavy atom. The Hall–Kier alpha value is -2.78. The average molecular weight is 524 g/mol. The fourth-order valence-corrected chi connectivity index (χ4v) is 4.35. The van der Waals surface area contributed by atoms with Crippen LogP contribution in [0.2, 0.25) is 5.02 Å². The van der Waals surface area contributed by atoms with E-state index in [4.69, 9.17) is 16.3 Å². The van der Waals surface area contributed by atoms with Crippen molar-refractivity contribution in [2.45, 2.75) is 52.7 Å². The molecule has 0 bridgehead atoms. The normalized spacial score (nSPS) is 13.0. The number of amides is 2. The number of nitrogens with zero attached hydrogens (tertiary/aromatic N) is 2. The summed E-state index contributed by atoms with van der Waals surface area (Å²) in [6.07, 6.45) is 1.77. The maximum atomic E-state index is 13.6. The average Bonchev–Trinajstić information content (AvgIpc) is 2.81. The summed E-state index contributed by atoms with van der Waals surface area (Å²) in [5.41, 5.74) is 1.01. The third-order valence-electron chi connectivity index (χ3n) is 5.55. The van der Waals surface area contributed by atoms with E-state index in [-0.39, 0.29) is 24.2 Å². The fraction of sp³-hybridized carbons (Fsp3) is 0.440. The van der Waals surface area contributed by atoms with Gasteiger partial charge in [0.15, 0.2) is 0 Å². The molecule has 2 atom stereocenters. The summed E-state index contributed by atoms with van der Waals surface area (Å²) in [6, 6.07) is 12.7. The molecule has 1 N–H and O–H groups in total. The molecule has 8 nitrogen and oxygen atoms in total. The molecule has 2 aromatic rings. The van der Waals surface area contributed by atoms with Gasteiger partial charge in [-0.25, -0.2) is 8.42 Å². The molecule has 0 aromatic heterocycles. The minimum Gasteiger partial charge on any atom is -0.492 e. The van der Waals surface area contributed by atoms with Crippen molar-refractivity contribution in [3.05, 3.63) is 59.1 Å². The van der Waals surface area contributed by atoms with E-state index in [1.807, 2.05) is 13.8 Å². The minimum atomic E-state index is -3.85. The Bertz CT molecular complexity index is 1110. The van der Waals surface area contributed by atoms with E-state index in [1.54, 1.807) is 62.4 Å². The summed E-state index contributed by atoms with van der Waals surface area (Å²) in [5, 5.41) is 3.44. The summed E-state index contributed by atoms with van der Waals surface area (Å²) in [7, 11) is -3.85. The van der Waals surface area contributed by atoms with E-state index in [0.29, 0.717) is 17.4 Å². The first-order chi connectivity index (χ1) is 16.5. The lowest BCUT2D eigenvalue weighted by Crippen LogP contribution is -2.52. The van der Waals surface area contributed by atoms with Crippen LogP contribution in [0.15, 0.2) is 48.5 Å². The number of nitrogens with one attached hydrogen (secondary N) is 1. The van der Waals surface area contributed by atoms with Gasteiger partial charge < -0.3 is 15.0 Å². The molecular formula is C25H34ClN3O5S. The Morgan fingerprint density at radius 3 is 2.26 bits per heavy atom. The van der Waals surface area contributed by atoms with Crippen molar-refractivity contribution in [2.24, 2.45) is 0 Å². The molecule has 0 saturated heterocycles. The third-order valence-corrected chi connectivity index (χ3v) is 6.93. The van der Waals surface area contributed by atoms with E-state index < -0.39 is 28.5 Å². The standard InChI is InChI=1S/C25H34ClN3O5S/c1-6-18(3)27-25(31)19(4)28(16-20-12-14-21(26)15-13-20)24(30)17-29(35(5,32)33)22-10-8-9-11-23(22)34-7-2/h8-15,18-19H,6-7,16-17H2,1-5H3,(H,27,31)/t18-,19+/m0/s1. The van der Waals surface area contributed by atoms with Crippen LogP contribution >= 0.6 is 11.6 Å². The van der Waals surface area contributed by atoms with Crippen molar-refractivity contribution in [1.29, 1.82) is 0 Å². The second-order valence-corrected chi connectivity index (χ2v) is 10.7. The van der Waals surface area contributed by atoms with E-state index in [9.17, 15) is 18.0 Å². The number of carbonyl (C=O) groups is 2. The molecule has 0 aliphatic heterocycles. The van der Waals surface area contributed by atoms with E-state index in [0.717, 1.165) is 22.5 Å². The molecule has 35 heavy (non-hydrogen) atoms. The molecule has 0 fully saturated rings. The fourth-order valence-electron chi connectivity index (χ4n) is 3.37. The summed E-state index contributed by atoms with van der Waals surface area (Å²) in [5.74, 6) is -0.495. The number of hydrogen-bond donors (Lipinski definition) is 1. The quantitative estimate of drug-likeness (QED) is 0.456. The smallest absolute Gasteiger partial charge is 0.244 e. The van der Waals surface area contributed by atoms with Gasteiger partial charge in [-0.05, 0) is 57.0 Å². The molecule has 0 aliphatic carbocycles. The van der Waals surface area contributed by atoms with E-state index >= 15 is 0 Å². The number of sulfonamides is 1. The van der Waals surface area contributed by atoms with Crippen LogP contribution in [0.4, 0.5) is 5.69 Å². The monoisotopic (exact) mass is 523 g/mol. The van der Waals surface area contributed by atoms with Crippen LogP contribution in [0, 0.1) is 0 Å². The molecule has 0 aliphatic rings. The van der Waals surface area contributed by atoms with Crippen LogP contribution in [-0.4, -0.2) is 56.6 Å². The molecule has 2 amide bonds. The molecule has 0 heterocycles. The van der Waals surface area contributed by atoms with Crippen molar-refractivity contribution in [2.75, 3.05) is 23.7 Å². The lowest BCUT2D eigenvalue weighted by atomic mass is 10.1. The van der Waals surface area contributed by atoms with E-state index in [1.165, 1.54) is 4.90 Å². The van der Waals surface area contributed by atoms with Gasteiger partial charge in [-0.1, -0.05) is 42.8 Å². The number of hydrogen-bond acceptors (Lipinski definition) is 5. The number of para-hydroxylation sites is 2. The van der Waals surface area contributed by atoms with Gasteiger partial charge >= 0.3 is 0 Å². The first-order valence-corrected chi connectivity index (χ1v) is 13.7. The molecule has 0 saturated carbocycles. The van der Waals surface area contributed by atoms with Gasteiger partial charge in [-0.2, -0.15) is 0 Å². The van der Waals surface area contributed by atoms with Gasteiger partial charge in [-0.3, -0.25) is 13.9 Å². The third kappa shape index (κ3) is 8.14. The number of halogens is 1.